The highest BCUT2D eigenvalue weighted by molar-refractivity contribution is 5.75. The SMILES string of the molecule is CCOc1ccccc1Nc1ncnc(NCCc2ccc(OC)c(OC)c2)c1[N+](=O)[O-]. The Kier molecular flexibility index (Phi) is 7.63. The van der Waals surface area contributed by atoms with Gasteiger partial charge in [0.1, 0.15) is 12.1 Å². The summed E-state index contributed by atoms with van der Waals surface area (Å²) in [6, 6.07) is 12.8. The van der Waals surface area contributed by atoms with Gasteiger partial charge in [0.05, 0.1) is 31.4 Å². The Hall–Kier alpha value is -4.08. The third-order valence-corrected chi connectivity index (χ3v) is 4.60. The second-order valence-electron chi connectivity index (χ2n) is 6.60. The molecule has 2 N–H and O–H groups in total. The minimum Gasteiger partial charge on any atom is -0.493 e. The molecule has 2 aromatic carbocycles. The molecule has 0 saturated heterocycles. The van der Waals surface area contributed by atoms with E-state index in [0.29, 0.717) is 42.5 Å². The van der Waals surface area contributed by atoms with E-state index >= 15 is 0 Å². The molecule has 0 fully saturated rings. The van der Waals surface area contributed by atoms with Crippen LogP contribution in [0.15, 0.2) is 48.8 Å². The number of rotatable bonds is 11. The number of aromatic nitrogens is 2. The van der Waals surface area contributed by atoms with Crippen LogP contribution in [0, 0.1) is 10.1 Å². The number of nitrogens with one attached hydrogen (secondary N) is 2. The molecule has 0 unspecified atom stereocenters. The molecule has 3 rings (SSSR count). The van der Waals surface area contributed by atoms with E-state index in [4.69, 9.17) is 14.2 Å². The number of para-hydroxylation sites is 2. The van der Waals surface area contributed by atoms with Crippen molar-refractivity contribution >= 4 is 23.0 Å². The van der Waals surface area contributed by atoms with Crippen LogP contribution in [0.2, 0.25) is 0 Å². The van der Waals surface area contributed by atoms with E-state index in [1.54, 1.807) is 32.4 Å². The molecular weight excluding hydrogens is 414 g/mol. The highest BCUT2D eigenvalue weighted by Gasteiger charge is 2.23. The van der Waals surface area contributed by atoms with Crippen molar-refractivity contribution in [3.8, 4) is 17.2 Å². The molecule has 0 saturated carbocycles. The third kappa shape index (κ3) is 5.34. The second-order valence-corrected chi connectivity index (χ2v) is 6.60. The Bertz CT molecular complexity index is 1080. The molecule has 1 heterocycles. The van der Waals surface area contributed by atoms with Crippen LogP contribution in [0.25, 0.3) is 0 Å². The van der Waals surface area contributed by atoms with Crippen LogP contribution in [0.5, 0.6) is 17.2 Å². The van der Waals surface area contributed by atoms with Crippen LogP contribution in [0.3, 0.4) is 0 Å². The zero-order chi connectivity index (χ0) is 22.9. The van der Waals surface area contributed by atoms with Gasteiger partial charge in [0.15, 0.2) is 11.5 Å². The van der Waals surface area contributed by atoms with Crippen molar-refractivity contribution in [3.63, 3.8) is 0 Å². The summed E-state index contributed by atoms with van der Waals surface area (Å²) in [7, 11) is 3.15. The summed E-state index contributed by atoms with van der Waals surface area (Å²) >= 11 is 0. The topological polar surface area (TPSA) is 121 Å². The quantitative estimate of drug-likeness (QED) is 0.334. The maximum absolute atomic E-state index is 11.8. The van der Waals surface area contributed by atoms with Gasteiger partial charge in [-0.25, -0.2) is 9.97 Å². The molecule has 0 aliphatic heterocycles. The summed E-state index contributed by atoms with van der Waals surface area (Å²) in [5.74, 6) is 2.04. The minimum atomic E-state index is -0.510. The Morgan fingerprint density at radius 1 is 1.00 bits per heavy atom. The maximum atomic E-state index is 11.8. The van der Waals surface area contributed by atoms with Crippen molar-refractivity contribution in [2.75, 3.05) is 38.0 Å². The zero-order valence-electron chi connectivity index (χ0n) is 18.1. The smallest absolute Gasteiger partial charge is 0.353 e. The van der Waals surface area contributed by atoms with Crippen LogP contribution in [-0.2, 0) is 6.42 Å². The first-order valence-electron chi connectivity index (χ1n) is 10.00. The minimum absolute atomic E-state index is 0.0748. The van der Waals surface area contributed by atoms with E-state index in [-0.39, 0.29) is 17.3 Å². The Morgan fingerprint density at radius 2 is 1.75 bits per heavy atom. The molecule has 0 bridgehead atoms. The molecule has 0 atom stereocenters. The number of anilines is 3. The van der Waals surface area contributed by atoms with Crippen LogP contribution in [0.1, 0.15) is 12.5 Å². The first kappa shape index (κ1) is 22.6. The highest BCUT2D eigenvalue weighted by Crippen LogP contribution is 2.34. The predicted octanol–water partition coefficient (Wildman–Crippen LogP) is 4.20. The molecule has 3 aromatic rings. The van der Waals surface area contributed by atoms with Crippen molar-refractivity contribution < 1.29 is 19.1 Å². The van der Waals surface area contributed by atoms with Crippen molar-refractivity contribution in [3.05, 3.63) is 64.5 Å². The zero-order valence-corrected chi connectivity index (χ0v) is 18.1. The predicted molar refractivity (Wildman–Crippen MR) is 121 cm³/mol. The highest BCUT2D eigenvalue weighted by atomic mass is 16.6. The molecule has 10 heteroatoms. The first-order valence-corrected chi connectivity index (χ1v) is 10.00. The third-order valence-electron chi connectivity index (χ3n) is 4.60. The van der Waals surface area contributed by atoms with Gasteiger partial charge in [-0.1, -0.05) is 18.2 Å². The van der Waals surface area contributed by atoms with E-state index in [1.165, 1.54) is 6.33 Å². The van der Waals surface area contributed by atoms with Crippen LogP contribution in [-0.4, -0.2) is 42.3 Å². The number of hydrogen-bond donors (Lipinski definition) is 2. The molecule has 0 spiro atoms. The second kappa shape index (κ2) is 10.8. The van der Waals surface area contributed by atoms with Gasteiger partial charge in [-0.15, -0.1) is 0 Å². The van der Waals surface area contributed by atoms with E-state index in [9.17, 15) is 10.1 Å². The van der Waals surface area contributed by atoms with Gasteiger partial charge in [0.25, 0.3) is 0 Å². The van der Waals surface area contributed by atoms with E-state index in [1.807, 2.05) is 31.2 Å². The molecule has 0 radical (unpaired) electrons. The fourth-order valence-corrected chi connectivity index (χ4v) is 3.11. The van der Waals surface area contributed by atoms with Crippen LogP contribution in [0.4, 0.5) is 23.0 Å². The Morgan fingerprint density at radius 3 is 2.47 bits per heavy atom. The molecular formula is C22H25N5O5. The molecule has 0 aliphatic rings. The first-order chi connectivity index (χ1) is 15.6. The fraction of sp³-hybridized carbons (Fsp3) is 0.273. The van der Waals surface area contributed by atoms with Crippen LogP contribution < -0.4 is 24.8 Å². The normalized spacial score (nSPS) is 10.3. The average Bonchev–Trinajstić information content (AvgIpc) is 2.80. The molecule has 0 aliphatic carbocycles. The summed E-state index contributed by atoms with van der Waals surface area (Å²) in [5, 5.41) is 17.8. The number of nitrogens with zero attached hydrogens (tertiary/aromatic N) is 3. The van der Waals surface area contributed by atoms with Gasteiger partial charge in [-0.2, -0.15) is 0 Å². The fourth-order valence-electron chi connectivity index (χ4n) is 3.11. The lowest BCUT2D eigenvalue weighted by atomic mass is 10.1. The number of methoxy groups -OCH3 is 2. The summed E-state index contributed by atoms with van der Waals surface area (Å²) in [5.41, 5.74) is 1.31. The molecule has 1 aromatic heterocycles. The standard InChI is InChI=1S/C22H25N5O5/c1-4-32-17-8-6-5-7-16(17)26-22-20(27(28)29)21(24-14-25-22)23-12-11-15-9-10-18(30-2)19(13-15)31-3/h5-10,13-14H,4,11-12H2,1-3H3,(H2,23,24,25,26). The van der Waals surface area contributed by atoms with Gasteiger partial charge in [-0.3, -0.25) is 10.1 Å². The molecule has 168 valence electrons. The number of hydrogen-bond acceptors (Lipinski definition) is 9. The molecule has 32 heavy (non-hydrogen) atoms. The summed E-state index contributed by atoms with van der Waals surface area (Å²) < 4.78 is 16.1. The summed E-state index contributed by atoms with van der Waals surface area (Å²) in [6.45, 7) is 2.75. The van der Waals surface area contributed by atoms with Gasteiger partial charge in [0, 0.05) is 6.54 Å². The number of ether oxygens (including phenoxy) is 3. The lowest BCUT2D eigenvalue weighted by Gasteiger charge is -2.13. The maximum Gasteiger partial charge on any atom is 0.353 e. The van der Waals surface area contributed by atoms with Crippen molar-refractivity contribution in [1.29, 1.82) is 0 Å². The Balaban J connectivity index is 1.77. The monoisotopic (exact) mass is 439 g/mol. The van der Waals surface area contributed by atoms with Gasteiger partial charge >= 0.3 is 5.69 Å². The molecule has 10 nitrogen and oxygen atoms in total. The lowest BCUT2D eigenvalue weighted by Crippen LogP contribution is -2.11. The van der Waals surface area contributed by atoms with Gasteiger partial charge in [-0.05, 0) is 43.2 Å². The van der Waals surface area contributed by atoms with Crippen molar-refractivity contribution in [1.82, 2.24) is 9.97 Å². The lowest BCUT2D eigenvalue weighted by molar-refractivity contribution is -0.383. The Labute approximate surface area is 185 Å². The largest absolute Gasteiger partial charge is 0.493 e. The van der Waals surface area contributed by atoms with Gasteiger partial charge in [0.2, 0.25) is 11.6 Å². The number of benzene rings is 2. The summed E-state index contributed by atoms with van der Waals surface area (Å²) in [6.07, 6.45) is 1.87. The number of nitro groups is 1. The average molecular weight is 439 g/mol. The summed E-state index contributed by atoms with van der Waals surface area (Å²) in [4.78, 5) is 19.5. The van der Waals surface area contributed by atoms with E-state index in [0.717, 1.165) is 5.56 Å². The van der Waals surface area contributed by atoms with Crippen molar-refractivity contribution in [2.24, 2.45) is 0 Å². The van der Waals surface area contributed by atoms with Crippen molar-refractivity contribution in [2.45, 2.75) is 13.3 Å². The molecule has 0 amide bonds. The van der Waals surface area contributed by atoms with Crippen LogP contribution >= 0.6 is 0 Å². The van der Waals surface area contributed by atoms with E-state index in [2.05, 4.69) is 20.6 Å². The van der Waals surface area contributed by atoms with Gasteiger partial charge < -0.3 is 24.8 Å². The van der Waals surface area contributed by atoms with E-state index < -0.39 is 4.92 Å².